The van der Waals surface area contributed by atoms with Gasteiger partial charge in [0.05, 0.1) is 4.90 Å². The maximum atomic E-state index is 13.0. The first-order valence-corrected chi connectivity index (χ1v) is 12.7. The van der Waals surface area contributed by atoms with E-state index in [0.717, 1.165) is 36.8 Å². The second-order valence-corrected chi connectivity index (χ2v) is 10.9. The number of carbonyl (C=O) groups excluding carboxylic acids is 1. The molecule has 1 N–H and O–H groups in total. The van der Waals surface area contributed by atoms with Crippen molar-refractivity contribution in [2.75, 3.05) is 19.0 Å². The van der Waals surface area contributed by atoms with Crippen LogP contribution in [-0.4, -0.2) is 38.3 Å². The molecule has 0 spiro atoms. The van der Waals surface area contributed by atoms with Crippen LogP contribution in [0.25, 0.3) is 0 Å². The Balaban J connectivity index is 1.61. The highest BCUT2D eigenvalue weighted by atomic mass is 32.2. The fraction of sp³-hybridized carbons (Fsp3) is 0.480. The predicted octanol–water partition coefficient (Wildman–Crippen LogP) is 5.09. The number of hydrogen-bond donors (Lipinski definition) is 1. The summed E-state index contributed by atoms with van der Waals surface area (Å²) in [6.07, 6.45) is 5.12. The van der Waals surface area contributed by atoms with Crippen LogP contribution in [0.2, 0.25) is 0 Å². The Morgan fingerprint density at radius 3 is 2.38 bits per heavy atom. The van der Waals surface area contributed by atoms with E-state index in [4.69, 9.17) is 4.74 Å². The zero-order valence-corrected chi connectivity index (χ0v) is 20.2. The van der Waals surface area contributed by atoms with E-state index < -0.39 is 10.0 Å². The van der Waals surface area contributed by atoms with Crippen LogP contribution in [0.5, 0.6) is 5.75 Å². The van der Waals surface area contributed by atoms with Crippen molar-refractivity contribution in [1.82, 2.24) is 4.31 Å². The number of amides is 1. The lowest BCUT2D eigenvalue weighted by Gasteiger charge is -2.30. The summed E-state index contributed by atoms with van der Waals surface area (Å²) in [5.41, 5.74) is 2.66. The van der Waals surface area contributed by atoms with Crippen LogP contribution in [0.15, 0.2) is 47.4 Å². The van der Waals surface area contributed by atoms with Gasteiger partial charge in [-0.2, -0.15) is 4.31 Å². The summed E-state index contributed by atoms with van der Waals surface area (Å²) in [7, 11) is -1.89. The van der Waals surface area contributed by atoms with E-state index >= 15 is 0 Å². The average Bonchev–Trinajstić information content (AvgIpc) is 2.78. The third-order valence-electron chi connectivity index (χ3n) is 6.05. The minimum absolute atomic E-state index is 0.0580. The highest BCUT2D eigenvalue weighted by Crippen LogP contribution is 2.28. The Morgan fingerprint density at radius 2 is 1.75 bits per heavy atom. The van der Waals surface area contributed by atoms with E-state index in [1.165, 1.54) is 10.7 Å². The number of ether oxygens (including phenoxy) is 1. The van der Waals surface area contributed by atoms with E-state index in [9.17, 15) is 13.2 Å². The maximum Gasteiger partial charge on any atom is 0.262 e. The monoisotopic (exact) mass is 458 g/mol. The Hall–Kier alpha value is -2.38. The van der Waals surface area contributed by atoms with Crippen molar-refractivity contribution in [1.29, 1.82) is 0 Å². The number of nitrogens with one attached hydrogen (secondary N) is 1. The molecule has 1 fully saturated rings. The second-order valence-electron chi connectivity index (χ2n) is 8.87. The molecule has 174 valence electrons. The van der Waals surface area contributed by atoms with Crippen LogP contribution < -0.4 is 10.1 Å². The van der Waals surface area contributed by atoms with Crippen LogP contribution in [-0.2, 0) is 14.8 Å². The fourth-order valence-corrected chi connectivity index (χ4v) is 5.52. The van der Waals surface area contributed by atoms with Crippen LogP contribution >= 0.6 is 0 Å². The number of rotatable bonds is 8. The van der Waals surface area contributed by atoms with Gasteiger partial charge < -0.3 is 10.1 Å². The molecule has 1 aliphatic carbocycles. The van der Waals surface area contributed by atoms with Gasteiger partial charge in [-0.25, -0.2) is 8.42 Å². The molecule has 0 atom stereocenters. The molecular formula is C25H34N2O4S. The zero-order chi connectivity index (χ0) is 23.3. The quantitative estimate of drug-likeness (QED) is 0.598. The molecule has 1 aliphatic rings. The molecule has 0 saturated heterocycles. The number of nitrogens with zero attached hydrogens (tertiary/aromatic N) is 1. The molecule has 3 rings (SSSR count). The molecule has 2 aromatic rings. The number of carbonyl (C=O) groups is 1. The molecule has 0 aliphatic heterocycles. The van der Waals surface area contributed by atoms with Crippen LogP contribution in [0, 0.1) is 6.92 Å². The van der Waals surface area contributed by atoms with Crippen LogP contribution in [0.1, 0.15) is 63.0 Å². The van der Waals surface area contributed by atoms with Crippen molar-refractivity contribution in [3.63, 3.8) is 0 Å². The SMILES string of the molecule is Cc1ccc(C(C)C)c(OCC(=O)Nc2ccc(S(=O)(=O)N(C)C3CCCCC3)cc2)c1. The van der Waals surface area contributed by atoms with Crippen molar-refractivity contribution < 1.29 is 17.9 Å². The molecule has 0 radical (unpaired) electrons. The van der Waals surface area contributed by atoms with Gasteiger partial charge in [-0.05, 0) is 67.1 Å². The third kappa shape index (κ3) is 5.90. The number of benzene rings is 2. The minimum Gasteiger partial charge on any atom is -0.483 e. The number of aryl methyl sites for hydroxylation is 1. The molecule has 1 amide bonds. The lowest BCUT2D eigenvalue weighted by Crippen LogP contribution is -2.38. The van der Waals surface area contributed by atoms with Crippen molar-refractivity contribution >= 4 is 21.6 Å². The van der Waals surface area contributed by atoms with E-state index in [1.54, 1.807) is 31.3 Å². The lowest BCUT2D eigenvalue weighted by molar-refractivity contribution is -0.118. The van der Waals surface area contributed by atoms with E-state index in [-0.39, 0.29) is 29.4 Å². The second kappa shape index (κ2) is 10.5. The smallest absolute Gasteiger partial charge is 0.262 e. The molecule has 1 saturated carbocycles. The largest absolute Gasteiger partial charge is 0.483 e. The van der Waals surface area contributed by atoms with Gasteiger partial charge in [0.15, 0.2) is 6.61 Å². The van der Waals surface area contributed by atoms with Gasteiger partial charge in [0.1, 0.15) is 5.75 Å². The first-order chi connectivity index (χ1) is 15.2. The summed E-state index contributed by atoms with van der Waals surface area (Å²) in [6, 6.07) is 12.4. The molecule has 0 heterocycles. The summed E-state index contributed by atoms with van der Waals surface area (Å²) >= 11 is 0. The number of sulfonamides is 1. The van der Waals surface area contributed by atoms with E-state index in [1.807, 2.05) is 25.1 Å². The Labute approximate surface area is 192 Å². The van der Waals surface area contributed by atoms with Crippen LogP contribution in [0.4, 0.5) is 5.69 Å². The van der Waals surface area contributed by atoms with Gasteiger partial charge in [-0.3, -0.25) is 4.79 Å². The molecule has 2 aromatic carbocycles. The summed E-state index contributed by atoms with van der Waals surface area (Å²) < 4.78 is 33.2. The Kier molecular flexibility index (Phi) is 7.96. The summed E-state index contributed by atoms with van der Waals surface area (Å²) in [5, 5.41) is 2.77. The topological polar surface area (TPSA) is 75.7 Å². The van der Waals surface area contributed by atoms with Gasteiger partial charge >= 0.3 is 0 Å². The summed E-state index contributed by atoms with van der Waals surface area (Å²) in [6.45, 7) is 6.03. The van der Waals surface area contributed by atoms with E-state index in [0.29, 0.717) is 11.4 Å². The van der Waals surface area contributed by atoms with Gasteiger partial charge in [0.25, 0.3) is 5.91 Å². The molecule has 0 bridgehead atoms. The summed E-state index contributed by atoms with van der Waals surface area (Å²) in [4.78, 5) is 12.6. The molecule has 32 heavy (non-hydrogen) atoms. The highest BCUT2D eigenvalue weighted by Gasteiger charge is 2.28. The fourth-order valence-electron chi connectivity index (χ4n) is 4.10. The van der Waals surface area contributed by atoms with Gasteiger partial charge in [0, 0.05) is 18.8 Å². The van der Waals surface area contributed by atoms with Gasteiger partial charge in [-0.15, -0.1) is 0 Å². The Bertz CT molecular complexity index is 1030. The Morgan fingerprint density at radius 1 is 1.09 bits per heavy atom. The lowest BCUT2D eigenvalue weighted by atomic mass is 9.96. The highest BCUT2D eigenvalue weighted by molar-refractivity contribution is 7.89. The molecule has 6 nitrogen and oxygen atoms in total. The maximum absolute atomic E-state index is 13.0. The van der Waals surface area contributed by atoms with E-state index in [2.05, 4.69) is 19.2 Å². The summed E-state index contributed by atoms with van der Waals surface area (Å²) in [5.74, 6) is 0.702. The predicted molar refractivity (Wildman–Crippen MR) is 128 cm³/mol. The van der Waals surface area contributed by atoms with Gasteiger partial charge in [0.2, 0.25) is 10.0 Å². The normalized spacial score (nSPS) is 15.2. The number of anilines is 1. The molecule has 0 aromatic heterocycles. The van der Waals surface area contributed by atoms with Crippen molar-refractivity contribution in [2.24, 2.45) is 0 Å². The average molecular weight is 459 g/mol. The standard InChI is InChI=1S/C25H34N2O4S/c1-18(2)23-15-10-19(3)16-24(23)31-17-25(28)26-20-11-13-22(14-12-20)32(29,30)27(4)21-8-6-5-7-9-21/h10-16,18,21H,5-9,17H2,1-4H3,(H,26,28). The van der Waals surface area contributed by atoms with Crippen molar-refractivity contribution in [2.45, 2.75) is 69.7 Å². The molecular weight excluding hydrogens is 424 g/mol. The zero-order valence-electron chi connectivity index (χ0n) is 19.4. The third-order valence-corrected chi connectivity index (χ3v) is 7.98. The minimum atomic E-state index is -3.55. The van der Waals surface area contributed by atoms with Crippen molar-refractivity contribution in [3.05, 3.63) is 53.6 Å². The first-order valence-electron chi connectivity index (χ1n) is 11.3. The first kappa shape index (κ1) is 24.3. The van der Waals surface area contributed by atoms with Gasteiger partial charge in [-0.1, -0.05) is 45.2 Å². The van der Waals surface area contributed by atoms with Crippen molar-refractivity contribution in [3.8, 4) is 5.75 Å². The molecule has 0 unspecified atom stereocenters. The van der Waals surface area contributed by atoms with Crippen LogP contribution in [0.3, 0.4) is 0 Å². The molecule has 7 heteroatoms. The number of hydrogen-bond acceptors (Lipinski definition) is 4.